The highest BCUT2D eigenvalue weighted by molar-refractivity contribution is 9.10. The van der Waals surface area contributed by atoms with Crippen LogP contribution in [0.5, 0.6) is 0 Å². The molecule has 19 heavy (non-hydrogen) atoms. The molecule has 0 spiro atoms. The Morgan fingerprint density at radius 3 is 2.42 bits per heavy atom. The van der Waals surface area contributed by atoms with Crippen molar-refractivity contribution in [2.24, 2.45) is 0 Å². The molecule has 0 bridgehead atoms. The number of aryl methyl sites for hydroxylation is 1. The van der Waals surface area contributed by atoms with Crippen LogP contribution in [0.4, 0.5) is 4.39 Å². The van der Waals surface area contributed by atoms with Crippen molar-refractivity contribution >= 4 is 15.9 Å². The van der Waals surface area contributed by atoms with Crippen molar-refractivity contribution in [1.82, 2.24) is 5.32 Å². The number of halogens is 2. The number of hydrogen-bond acceptors (Lipinski definition) is 1. The molecule has 1 atom stereocenters. The lowest BCUT2D eigenvalue weighted by Crippen LogP contribution is -2.18. The highest BCUT2D eigenvalue weighted by Crippen LogP contribution is 2.24. The maximum Gasteiger partial charge on any atom is 0.123 e. The van der Waals surface area contributed by atoms with E-state index in [0.29, 0.717) is 0 Å². The lowest BCUT2D eigenvalue weighted by atomic mass is 9.98. The first kappa shape index (κ1) is 14.2. The minimum atomic E-state index is -0.192. The number of rotatable bonds is 4. The molecular formula is C16H17BrFN. The van der Waals surface area contributed by atoms with Crippen LogP contribution >= 0.6 is 15.9 Å². The predicted octanol–water partition coefficient (Wildman–Crippen LogP) is 4.40. The summed E-state index contributed by atoms with van der Waals surface area (Å²) in [5, 5.41) is 3.31. The minimum absolute atomic E-state index is 0.192. The van der Waals surface area contributed by atoms with Crippen molar-refractivity contribution in [3.05, 3.63) is 69.4 Å². The fourth-order valence-electron chi connectivity index (χ4n) is 2.07. The third-order valence-corrected chi connectivity index (χ3v) is 4.15. The summed E-state index contributed by atoms with van der Waals surface area (Å²) < 4.78 is 14.0. The van der Waals surface area contributed by atoms with Gasteiger partial charge in [0.1, 0.15) is 5.82 Å². The van der Waals surface area contributed by atoms with Crippen molar-refractivity contribution in [3.63, 3.8) is 0 Å². The third-order valence-electron chi connectivity index (χ3n) is 3.30. The number of nitrogens with one attached hydrogen (secondary N) is 1. The van der Waals surface area contributed by atoms with E-state index >= 15 is 0 Å². The van der Waals surface area contributed by atoms with E-state index < -0.39 is 0 Å². The third kappa shape index (κ3) is 3.64. The molecule has 0 aliphatic heterocycles. The maximum atomic E-state index is 12.9. The first-order chi connectivity index (χ1) is 9.10. The highest BCUT2D eigenvalue weighted by Gasteiger charge is 2.11. The summed E-state index contributed by atoms with van der Waals surface area (Å²) >= 11 is 3.56. The van der Waals surface area contributed by atoms with Gasteiger partial charge in [-0.15, -0.1) is 0 Å². The van der Waals surface area contributed by atoms with E-state index in [9.17, 15) is 4.39 Å². The van der Waals surface area contributed by atoms with E-state index in [0.717, 1.165) is 16.5 Å². The van der Waals surface area contributed by atoms with Crippen molar-refractivity contribution in [2.75, 3.05) is 7.05 Å². The summed E-state index contributed by atoms with van der Waals surface area (Å²) in [6.07, 6.45) is 0.840. The van der Waals surface area contributed by atoms with Crippen LogP contribution in [0.2, 0.25) is 0 Å². The normalized spacial score (nSPS) is 12.4. The summed E-state index contributed by atoms with van der Waals surface area (Å²) in [4.78, 5) is 0. The van der Waals surface area contributed by atoms with Gasteiger partial charge in [-0.3, -0.25) is 0 Å². The average Bonchev–Trinajstić information content (AvgIpc) is 2.41. The zero-order valence-corrected chi connectivity index (χ0v) is 12.7. The molecule has 2 rings (SSSR count). The van der Waals surface area contributed by atoms with Crippen molar-refractivity contribution in [1.29, 1.82) is 0 Å². The molecule has 0 amide bonds. The van der Waals surface area contributed by atoms with E-state index in [1.165, 1.54) is 23.3 Å². The molecule has 0 radical (unpaired) electrons. The van der Waals surface area contributed by atoms with Gasteiger partial charge >= 0.3 is 0 Å². The SMILES string of the molecule is CNC(Cc1ccc(F)cc1)c1ccc(C)c(Br)c1. The highest BCUT2D eigenvalue weighted by atomic mass is 79.9. The zero-order valence-electron chi connectivity index (χ0n) is 11.1. The Labute approximate surface area is 122 Å². The van der Waals surface area contributed by atoms with Crippen LogP contribution in [0.15, 0.2) is 46.9 Å². The fourth-order valence-corrected chi connectivity index (χ4v) is 2.47. The molecule has 0 aromatic heterocycles. The van der Waals surface area contributed by atoms with Gasteiger partial charge in [-0.1, -0.05) is 40.2 Å². The molecule has 0 heterocycles. The van der Waals surface area contributed by atoms with Crippen LogP contribution in [0.3, 0.4) is 0 Å². The summed E-state index contributed by atoms with van der Waals surface area (Å²) in [6, 6.07) is 13.3. The first-order valence-electron chi connectivity index (χ1n) is 6.28. The van der Waals surface area contributed by atoms with Crippen LogP contribution in [0, 0.1) is 12.7 Å². The van der Waals surface area contributed by atoms with Gasteiger partial charge < -0.3 is 5.32 Å². The van der Waals surface area contributed by atoms with E-state index in [-0.39, 0.29) is 11.9 Å². The zero-order chi connectivity index (χ0) is 13.8. The van der Waals surface area contributed by atoms with Crippen molar-refractivity contribution < 1.29 is 4.39 Å². The molecule has 2 aromatic rings. The molecule has 0 saturated carbocycles. The van der Waals surface area contributed by atoms with E-state index in [1.807, 2.05) is 19.2 Å². The summed E-state index contributed by atoms with van der Waals surface area (Å²) in [6.45, 7) is 2.07. The molecule has 1 N–H and O–H groups in total. The van der Waals surface area contributed by atoms with E-state index in [4.69, 9.17) is 0 Å². The molecule has 0 aliphatic carbocycles. The Morgan fingerprint density at radius 2 is 1.84 bits per heavy atom. The van der Waals surface area contributed by atoms with Crippen LogP contribution in [0.1, 0.15) is 22.7 Å². The first-order valence-corrected chi connectivity index (χ1v) is 7.07. The van der Waals surface area contributed by atoms with Crippen molar-refractivity contribution in [3.8, 4) is 0 Å². The second-order valence-electron chi connectivity index (χ2n) is 4.68. The summed E-state index contributed by atoms with van der Waals surface area (Å²) in [5.41, 5.74) is 3.57. The lowest BCUT2D eigenvalue weighted by molar-refractivity contribution is 0.588. The second-order valence-corrected chi connectivity index (χ2v) is 5.53. The van der Waals surface area contributed by atoms with Crippen molar-refractivity contribution in [2.45, 2.75) is 19.4 Å². The number of hydrogen-bond donors (Lipinski definition) is 1. The smallest absolute Gasteiger partial charge is 0.123 e. The Hall–Kier alpha value is -1.19. The minimum Gasteiger partial charge on any atom is -0.313 e. The quantitative estimate of drug-likeness (QED) is 0.880. The molecule has 2 aromatic carbocycles. The Bertz CT molecular complexity index is 551. The van der Waals surface area contributed by atoms with Gasteiger partial charge in [0.05, 0.1) is 0 Å². The number of likely N-dealkylation sites (N-methyl/N-ethyl adjacent to an activating group) is 1. The molecule has 3 heteroatoms. The Balaban J connectivity index is 2.19. The Morgan fingerprint density at radius 1 is 1.16 bits per heavy atom. The molecule has 0 saturated heterocycles. The van der Waals surface area contributed by atoms with Gasteiger partial charge in [-0.2, -0.15) is 0 Å². The van der Waals surface area contributed by atoms with Gasteiger partial charge in [0.25, 0.3) is 0 Å². The molecule has 1 unspecified atom stereocenters. The molecular weight excluding hydrogens is 305 g/mol. The topological polar surface area (TPSA) is 12.0 Å². The van der Waals surface area contributed by atoms with Crippen LogP contribution in [-0.4, -0.2) is 7.05 Å². The van der Waals surface area contributed by atoms with Gasteiger partial charge in [-0.05, 0) is 55.3 Å². The van der Waals surface area contributed by atoms with E-state index in [2.05, 4.69) is 46.4 Å². The van der Waals surface area contributed by atoms with Crippen LogP contribution in [-0.2, 0) is 6.42 Å². The maximum absolute atomic E-state index is 12.9. The lowest BCUT2D eigenvalue weighted by Gasteiger charge is -2.17. The summed E-state index contributed by atoms with van der Waals surface area (Å²) in [5.74, 6) is -0.192. The van der Waals surface area contributed by atoms with Gasteiger partial charge in [0, 0.05) is 10.5 Å². The monoisotopic (exact) mass is 321 g/mol. The van der Waals surface area contributed by atoms with Gasteiger partial charge in [0.2, 0.25) is 0 Å². The Kier molecular flexibility index (Phi) is 4.72. The predicted molar refractivity (Wildman–Crippen MR) is 80.8 cm³/mol. The summed E-state index contributed by atoms with van der Waals surface area (Å²) in [7, 11) is 1.95. The fraction of sp³-hybridized carbons (Fsp3) is 0.250. The largest absolute Gasteiger partial charge is 0.313 e. The van der Waals surface area contributed by atoms with Crippen LogP contribution in [0.25, 0.3) is 0 Å². The second kappa shape index (κ2) is 6.31. The van der Waals surface area contributed by atoms with Gasteiger partial charge in [0.15, 0.2) is 0 Å². The molecule has 1 nitrogen and oxygen atoms in total. The van der Waals surface area contributed by atoms with Crippen LogP contribution < -0.4 is 5.32 Å². The van der Waals surface area contributed by atoms with Gasteiger partial charge in [-0.25, -0.2) is 4.39 Å². The molecule has 0 fully saturated rings. The molecule has 0 aliphatic rings. The number of benzene rings is 2. The van der Waals surface area contributed by atoms with E-state index in [1.54, 1.807) is 0 Å². The average molecular weight is 322 g/mol. The standard InChI is InChI=1S/C16H17BrFN/c1-11-3-6-13(10-15(11)17)16(19-2)9-12-4-7-14(18)8-5-12/h3-8,10,16,19H,9H2,1-2H3. The molecule has 100 valence electrons.